The van der Waals surface area contributed by atoms with Crippen LogP contribution in [0.4, 0.5) is 0 Å². The van der Waals surface area contributed by atoms with Gasteiger partial charge >= 0.3 is 5.97 Å². The van der Waals surface area contributed by atoms with E-state index in [0.29, 0.717) is 6.42 Å². The monoisotopic (exact) mass is 173 g/mol. The molecule has 72 valence electrons. The SMILES string of the molecule is CCC(C)C(=O)OC(C)(N)CC. The Balaban J connectivity index is 4.00. The van der Waals surface area contributed by atoms with Crippen molar-refractivity contribution in [3.63, 3.8) is 0 Å². The lowest BCUT2D eigenvalue weighted by atomic mass is 10.1. The van der Waals surface area contributed by atoms with Crippen LogP contribution < -0.4 is 5.73 Å². The quantitative estimate of drug-likeness (QED) is 0.519. The fourth-order valence-electron chi connectivity index (χ4n) is 0.569. The lowest BCUT2D eigenvalue weighted by Gasteiger charge is -2.24. The number of carbonyl (C=O) groups excluding carboxylic acids is 1. The van der Waals surface area contributed by atoms with Crippen molar-refractivity contribution >= 4 is 5.97 Å². The lowest BCUT2D eigenvalue weighted by Crippen LogP contribution is -2.41. The fraction of sp³-hybridized carbons (Fsp3) is 0.889. The van der Waals surface area contributed by atoms with Gasteiger partial charge in [-0.1, -0.05) is 20.8 Å². The van der Waals surface area contributed by atoms with Crippen molar-refractivity contribution in [2.24, 2.45) is 11.7 Å². The molecule has 2 N–H and O–H groups in total. The summed E-state index contributed by atoms with van der Waals surface area (Å²) in [5.74, 6) is -0.260. The highest BCUT2D eigenvalue weighted by Crippen LogP contribution is 2.12. The number of nitrogens with two attached hydrogens (primary N) is 1. The van der Waals surface area contributed by atoms with E-state index < -0.39 is 5.72 Å². The summed E-state index contributed by atoms with van der Waals surface area (Å²) in [6, 6.07) is 0. The Morgan fingerprint density at radius 1 is 1.58 bits per heavy atom. The van der Waals surface area contributed by atoms with Crippen LogP contribution in [-0.2, 0) is 9.53 Å². The van der Waals surface area contributed by atoms with Gasteiger partial charge in [0.1, 0.15) is 0 Å². The van der Waals surface area contributed by atoms with E-state index in [4.69, 9.17) is 10.5 Å². The van der Waals surface area contributed by atoms with Crippen molar-refractivity contribution in [1.29, 1.82) is 0 Å². The summed E-state index contributed by atoms with van der Waals surface area (Å²) in [7, 11) is 0. The van der Waals surface area contributed by atoms with Crippen LogP contribution in [-0.4, -0.2) is 11.7 Å². The molecule has 0 amide bonds. The fourth-order valence-corrected chi connectivity index (χ4v) is 0.569. The third kappa shape index (κ3) is 3.72. The molecule has 0 bridgehead atoms. The Bertz CT molecular complexity index is 155. The van der Waals surface area contributed by atoms with Gasteiger partial charge in [-0.3, -0.25) is 10.5 Å². The highest BCUT2D eigenvalue weighted by molar-refractivity contribution is 5.72. The van der Waals surface area contributed by atoms with E-state index in [1.165, 1.54) is 0 Å². The predicted molar refractivity (Wildman–Crippen MR) is 48.4 cm³/mol. The largest absolute Gasteiger partial charge is 0.444 e. The van der Waals surface area contributed by atoms with Gasteiger partial charge in [0.25, 0.3) is 0 Å². The van der Waals surface area contributed by atoms with E-state index in [1.54, 1.807) is 6.92 Å². The number of hydrogen-bond donors (Lipinski definition) is 1. The zero-order valence-electron chi connectivity index (χ0n) is 8.39. The van der Waals surface area contributed by atoms with Gasteiger partial charge < -0.3 is 4.74 Å². The van der Waals surface area contributed by atoms with E-state index in [1.807, 2.05) is 20.8 Å². The van der Waals surface area contributed by atoms with Gasteiger partial charge in [0.05, 0.1) is 5.92 Å². The average Bonchev–Trinajstić information content (AvgIpc) is 2.02. The summed E-state index contributed by atoms with van der Waals surface area (Å²) in [5, 5.41) is 0. The Kier molecular flexibility index (Phi) is 4.24. The molecular formula is C9H19NO2. The number of ether oxygens (including phenoxy) is 1. The second-order valence-corrected chi connectivity index (χ2v) is 3.40. The van der Waals surface area contributed by atoms with E-state index >= 15 is 0 Å². The number of hydrogen-bond acceptors (Lipinski definition) is 3. The standard InChI is InChI=1S/C9H19NO2/c1-5-7(3)8(11)12-9(4,10)6-2/h7H,5-6,10H2,1-4H3. The van der Waals surface area contributed by atoms with Crippen LogP contribution in [0.1, 0.15) is 40.5 Å². The first-order chi connectivity index (χ1) is 5.43. The maximum atomic E-state index is 11.2. The van der Waals surface area contributed by atoms with Gasteiger partial charge in [-0.05, 0) is 19.8 Å². The molecule has 2 unspecified atom stereocenters. The second-order valence-electron chi connectivity index (χ2n) is 3.40. The first kappa shape index (κ1) is 11.4. The molecule has 3 heteroatoms. The highest BCUT2D eigenvalue weighted by atomic mass is 16.6. The predicted octanol–water partition coefficient (Wildman–Crippen LogP) is 1.66. The van der Waals surface area contributed by atoms with E-state index in [2.05, 4.69) is 0 Å². The highest BCUT2D eigenvalue weighted by Gasteiger charge is 2.23. The van der Waals surface area contributed by atoms with Crippen molar-refractivity contribution < 1.29 is 9.53 Å². The smallest absolute Gasteiger partial charge is 0.310 e. The molecule has 0 radical (unpaired) electrons. The van der Waals surface area contributed by atoms with E-state index in [9.17, 15) is 4.79 Å². The van der Waals surface area contributed by atoms with Crippen LogP contribution in [0.2, 0.25) is 0 Å². The Morgan fingerprint density at radius 3 is 2.42 bits per heavy atom. The van der Waals surface area contributed by atoms with Gasteiger partial charge in [0, 0.05) is 0 Å². The van der Waals surface area contributed by atoms with Crippen LogP contribution in [0.5, 0.6) is 0 Å². The molecule has 0 aliphatic heterocycles. The van der Waals surface area contributed by atoms with Crippen molar-refractivity contribution in [2.45, 2.75) is 46.3 Å². The molecule has 12 heavy (non-hydrogen) atoms. The number of carbonyl (C=O) groups is 1. The number of rotatable bonds is 4. The van der Waals surface area contributed by atoms with Gasteiger partial charge in [-0.25, -0.2) is 0 Å². The molecular weight excluding hydrogens is 154 g/mol. The Hall–Kier alpha value is -0.570. The van der Waals surface area contributed by atoms with E-state index in [0.717, 1.165) is 6.42 Å². The molecule has 0 aromatic carbocycles. The molecule has 0 aromatic rings. The molecule has 0 saturated carbocycles. The minimum absolute atomic E-state index is 0.0561. The zero-order chi connectivity index (χ0) is 9.78. The summed E-state index contributed by atoms with van der Waals surface area (Å²) < 4.78 is 5.08. The number of esters is 1. The van der Waals surface area contributed by atoms with Crippen LogP contribution in [0.3, 0.4) is 0 Å². The Labute approximate surface area is 74.3 Å². The lowest BCUT2D eigenvalue weighted by molar-refractivity contribution is -0.162. The summed E-state index contributed by atoms with van der Waals surface area (Å²) in [5.41, 5.74) is 4.86. The summed E-state index contributed by atoms with van der Waals surface area (Å²) in [4.78, 5) is 11.2. The third-order valence-electron chi connectivity index (χ3n) is 2.05. The van der Waals surface area contributed by atoms with Gasteiger partial charge in [0.15, 0.2) is 5.72 Å². The molecule has 0 saturated heterocycles. The molecule has 0 spiro atoms. The normalized spacial score (nSPS) is 18.1. The van der Waals surface area contributed by atoms with Crippen LogP contribution in [0.25, 0.3) is 0 Å². The van der Waals surface area contributed by atoms with Crippen molar-refractivity contribution in [1.82, 2.24) is 0 Å². The molecule has 3 nitrogen and oxygen atoms in total. The van der Waals surface area contributed by atoms with Crippen molar-refractivity contribution in [3.05, 3.63) is 0 Å². The molecule has 0 aromatic heterocycles. The topological polar surface area (TPSA) is 52.3 Å². The molecule has 0 aliphatic carbocycles. The van der Waals surface area contributed by atoms with Gasteiger partial charge in [-0.2, -0.15) is 0 Å². The van der Waals surface area contributed by atoms with Crippen LogP contribution >= 0.6 is 0 Å². The summed E-state index contributed by atoms with van der Waals surface area (Å²) >= 11 is 0. The summed E-state index contributed by atoms with van der Waals surface area (Å²) in [6.07, 6.45) is 1.42. The Morgan fingerprint density at radius 2 is 2.08 bits per heavy atom. The first-order valence-electron chi connectivity index (χ1n) is 4.44. The van der Waals surface area contributed by atoms with Gasteiger partial charge in [0.2, 0.25) is 0 Å². The molecule has 2 atom stereocenters. The second kappa shape index (κ2) is 4.45. The minimum Gasteiger partial charge on any atom is -0.444 e. The van der Waals surface area contributed by atoms with Crippen LogP contribution in [0, 0.1) is 5.92 Å². The molecule has 0 rings (SSSR count). The average molecular weight is 173 g/mol. The van der Waals surface area contributed by atoms with E-state index in [-0.39, 0.29) is 11.9 Å². The molecule has 0 aliphatic rings. The van der Waals surface area contributed by atoms with Crippen molar-refractivity contribution in [2.75, 3.05) is 0 Å². The zero-order valence-corrected chi connectivity index (χ0v) is 8.39. The first-order valence-corrected chi connectivity index (χ1v) is 4.44. The van der Waals surface area contributed by atoms with Crippen molar-refractivity contribution in [3.8, 4) is 0 Å². The van der Waals surface area contributed by atoms with Crippen LogP contribution in [0.15, 0.2) is 0 Å². The van der Waals surface area contributed by atoms with Gasteiger partial charge in [-0.15, -0.1) is 0 Å². The maximum absolute atomic E-state index is 11.2. The minimum atomic E-state index is -0.805. The maximum Gasteiger partial charge on any atom is 0.310 e. The molecule has 0 fully saturated rings. The third-order valence-corrected chi connectivity index (χ3v) is 2.05. The summed E-state index contributed by atoms with van der Waals surface area (Å²) in [6.45, 7) is 7.40. The molecule has 0 heterocycles.